The van der Waals surface area contributed by atoms with Crippen molar-refractivity contribution in [3.8, 4) is 0 Å². The summed E-state index contributed by atoms with van der Waals surface area (Å²) >= 11 is 0. The molecule has 4 fully saturated rings. The van der Waals surface area contributed by atoms with E-state index >= 15 is 0 Å². The number of nitrogens with one attached hydrogen (secondary N) is 2. The van der Waals surface area contributed by atoms with Crippen molar-refractivity contribution in [2.24, 2.45) is 23.2 Å². The molecular weight excluding hydrogens is 433 g/mol. The molecule has 1 saturated heterocycles. The topological polar surface area (TPSA) is 110 Å². The quantitative estimate of drug-likeness (QED) is 0.503. The summed E-state index contributed by atoms with van der Waals surface area (Å²) in [6.45, 7) is 12.4. The van der Waals surface area contributed by atoms with Crippen molar-refractivity contribution in [1.82, 2.24) is 15.6 Å². The zero-order valence-electron chi connectivity index (χ0n) is 21.1. The van der Waals surface area contributed by atoms with Gasteiger partial charge in [0.25, 0.3) is 5.91 Å². The molecule has 3 N–H and O–H groups in total. The van der Waals surface area contributed by atoms with E-state index in [0.717, 1.165) is 12.8 Å². The summed E-state index contributed by atoms with van der Waals surface area (Å²) < 4.78 is 13.0. The first-order chi connectivity index (χ1) is 15.9. The summed E-state index contributed by atoms with van der Waals surface area (Å²) in [6, 6.07) is 3.83. The SMILES string of the molecule is CC(C)C[C@H](NC(=O)[C@@H](NC(=O)c1ccccn1)[C@@H](C)O)B1O[C@@H]2C[C@@H]3C[C@@H](C3(C)C)[C@]2(C)O1. The number of nitrogens with zero attached hydrogens (tertiary/aromatic N) is 1. The second-order valence-corrected chi connectivity index (χ2v) is 11.5. The van der Waals surface area contributed by atoms with Crippen LogP contribution >= 0.6 is 0 Å². The number of aromatic nitrogens is 1. The minimum absolute atomic E-state index is 0.0114. The maximum absolute atomic E-state index is 13.3. The third-order valence-corrected chi connectivity index (χ3v) is 8.30. The van der Waals surface area contributed by atoms with Crippen LogP contribution in [0.4, 0.5) is 0 Å². The van der Waals surface area contributed by atoms with Gasteiger partial charge in [-0.15, -0.1) is 0 Å². The van der Waals surface area contributed by atoms with Crippen LogP contribution in [0.5, 0.6) is 0 Å². The highest BCUT2D eigenvalue weighted by Gasteiger charge is 2.68. The Bertz CT molecular complexity index is 911. The van der Waals surface area contributed by atoms with Crippen LogP contribution in [-0.2, 0) is 14.1 Å². The standard InChI is InChI=1S/C25H38BN3O5/c1-14(2)11-20(26-33-19-13-16-12-18(24(16,4)5)25(19,6)34-26)28-23(32)21(15(3)30)29-22(31)17-9-7-8-10-27-17/h7-10,14-16,18-21,30H,11-13H2,1-6H3,(H,28,32)(H,29,31)/t15-,16+,18+,19-,20+,21+,25+/m1/s1. The Morgan fingerprint density at radius 3 is 2.53 bits per heavy atom. The van der Waals surface area contributed by atoms with Gasteiger partial charge in [0.15, 0.2) is 0 Å². The largest absolute Gasteiger partial charge is 0.481 e. The minimum atomic E-state index is -1.13. The van der Waals surface area contributed by atoms with Gasteiger partial charge in [0.1, 0.15) is 11.7 Å². The third-order valence-electron chi connectivity index (χ3n) is 8.30. The van der Waals surface area contributed by atoms with E-state index in [2.05, 4.69) is 50.2 Å². The fourth-order valence-corrected chi connectivity index (χ4v) is 6.21. The molecule has 2 heterocycles. The number of carbonyl (C=O) groups excluding carboxylic acids is 2. The maximum Gasteiger partial charge on any atom is 0.481 e. The highest BCUT2D eigenvalue weighted by Crippen LogP contribution is 2.65. The molecule has 4 aliphatic rings. The van der Waals surface area contributed by atoms with E-state index in [1.165, 1.54) is 13.1 Å². The van der Waals surface area contributed by atoms with Crippen molar-refractivity contribution < 1.29 is 24.0 Å². The first kappa shape index (κ1) is 25.1. The van der Waals surface area contributed by atoms with Gasteiger partial charge in [-0.05, 0) is 68.4 Å². The Morgan fingerprint density at radius 1 is 1.21 bits per heavy atom. The van der Waals surface area contributed by atoms with Gasteiger partial charge in [0.2, 0.25) is 5.91 Å². The van der Waals surface area contributed by atoms with Gasteiger partial charge in [-0.1, -0.05) is 33.8 Å². The highest BCUT2D eigenvalue weighted by molar-refractivity contribution is 6.48. The van der Waals surface area contributed by atoms with Crippen molar-refractivity contribution in [2.75, 3.05) is 0 Å². The number of pyridine rings is 1. The number of carbonyl (C=O) groups is 2. The molecule has 2 amide bonds. The molecule has 2 bridgehead atoms. The predicted octanol–water partition coefficient (Wildman–Crippen LogP) is 2.36. The number of hydrogen-bond acceptors (Lipinski definition) is 6. The molecule has 34 heavy (non-hydrogen) atoms. The van der Waals surface area contributed by atoms with Gasteiger partial charge in [-0.25, -0.2) is 0 Å². The van der Waals surface area contributed by atoms with E-state index in [9.17, 15) is 14.7 Å². The number of hydrogen-bond donors (Lipinski definition) is 3. The van der Waals surface area contributed by atoms with Crippen LogP contribution in [-0.4, -0.2) is 58.8 Å². The summed E-state index contributed by atoms with van der Waals surface area (Å²) in [5.74, 6) is -0.0448. The van der Waals surface area contributed by atoms with Crippen LogP contribution in [0.15, 0.2) is 24.4 Å². The molecule has 7 atom stereocenters. The molecule has 1 aromatic rings. The van der Waals surface area contributed by atoms with E-state index < -0.39 is 37.0 Å². The second kappa shape index (κ2) is 9.24. The van der Waals surface area contributed by atoms with Crippen molar-refractivity contribution in [3.05, 3.63) is 30.1 Å². The lowest BCUT2D eigenvalue weighted by Crippen LogP contribution is -2.65. The first-order valence-corrected chi connectivity index (χ1v) is 12.5. The lowest BCUT2D eigenvalue weighted by Gasteiger charge is -2.64. The summed E-state index contributed by atoms with van der Waals surface area (Å²) in [5.41, 5.74) is 0.0356. The van der Waals surface area contributed by atoms with Crippen molar-refractivity contribution >= 4 is 18.9 Å². The van der Waals surface area contributed by atoms with Crippen LogP contribution in [0.25, 0.3) is 0 Å². The van der Waals surface area contributed by atoms with E-state index in [4.69, 9.17) is 9.31 Å². The predicted molar refractivity (Wildman–Crippen MR) is 129 cm³/mol. The lowest BCUT2D eigenvalue weighted by molar-refractivity contribution is -0.199. The highest BCUT2D eigenvalue weighted by atomic mass is 16.7. The van der Waals surface area contributed by atoms with E-state index in [1.54, 1.807) is 18.2 Å². The van der Waals surface area contributed by atoms with Crippen LogP contribution in [0.1, 0.15) is 71.3 Å². The van der Waals surface area contributed by atoms with Gasteiger partial charge < -0.3 is 25.0 Å². The Balaban J connectivity index is 1.47. The summed E-state index contributed by atoms with van der Waals surface area (Å²) in [5, 5.41) is 15.9. The second-order valence-electron chi connectivity index (χ2n) is 11.5. The Hall–Kier alpha value is -1.97. The van der Waals surface area contributed by atoms with E-state index in [-0.39, 0.29) is 28.7 Å². The molecule has 3 saturated carbocycles. The Labute approximate surface area is 202 Å². The van der Waals surface area contributed by atoms with Gasteiger partial charge in [0.05, 0.1) is 23.8 Å². The summed E-state index contributed by atoms with van der Waals surface area (Å²) in [4.78, 5) is 29.9. The number of amides is 2. The monoisotopic (exact) mass is 471 g/mol. The van der Waals surface area contributed by atoms with Crippen molar-refractivity contribution in [1.29, 1.82) is 0 Å². The first-order valence-electron chi connectivity index (χ1n) is 12.5. The Morgan fingerprint density at radius 2 is 1.94 bits per heavy atom. The molecule has 5 rings (SSSR count). The van der Waals surface area contributed by atoms with Crippen LogP contribution in [0, 0.1) is 23.2 Å². The minimum Gasteiger partial charge on any atom is -0.404 e. The fraction of sp³-hybridized carbons (Fsp3) is 0.720. The van der Waals surface area contributed by atoms with Gasteiger partial charge in [0, 0.05) is 6.20 Å². The number of rotatable bonds is 8. The molecule has 1 aliphatic heterocycles. The normalized spacial score (nSPS) is 31.8. The van der Waals surface area contributed by atoms with E-state index in [1.807, 2.05) is 0 Å². The number of aliphatic hydroxyl groups is 1. The van der Waals surface area contributed by atoms with Gasteiger partial charge in [-0.3, -0.25) is 14.6 Å². The average Bonchev–Trinajstić information content (AvgIpc) is 3.13. The average molecular weight is 471 g/mol. The lowest BCUT2D eigenvalue weighted by atomic mass is 9.43. The van der Waals surface area contributed by atoms with Gasteiger partial charge in [-0.2, -0.15) is 0 Å². The Kier molecular flexibility index (Phi) is 6.83. The molecule has 186 valence electrons. The molecule has 3 aliphatic carbocycles. The molecule has 0 spiro atoms. The van der Waals surface area contributed by atoms with Crippen molar-refractivity contribution in [3.63, 3.8) is 0 Å². The van der Waals surface area contributed by atoms with Gasteiger partial charge >= 0.3 is 7.12 Å². The summed E-state index contributed by atoms with van der Waals surface area (Å²) in [7, 11) is -0.572. The fourth-order valence-electron chi connectivity index (χ4n) is 6.21. The molecule has 9 heteroatoms. The summed E-state index contributed by atoms with van der Waals surface area (Å²) in [6.07, 6.45) is 3.20. The third kappa shape index (κ3) is 4.50. The molecule has 0 radical (unpaired) electrons. The zero-order valence-corrected chi connectivity index (χ0v) is 21.1. The maximum atomic E-state index is 13.3. The van der Waals surface area contributed by atoms with Crippen molar-refractivity contribution in [2.45, 2.75) is 90.6 Å². The van der Waals surface area contributed by atoms with E-state index in [0.29, 0.717) is 18.3 Å². The van der Waals surface area contributed by atoms with Crippen LogP contribution in [0.2, 0.25) is 0 Å². The van der Waals surface area contributed by atoms with Crippen LogP contribution < -0.4 is 10.6 Å². The molecule has 0 aromatic carbocycles. The molecular formula is C25H38BN3O5. The molecule has 1 aromatic heterocycles. The van der Waals surface area contributed by atoms with Crippen LogP contribution in [0.3, 0.4) is 0 Å². The zero-order chi connectivity index (χ0) is 24.8. The smallest absolute Gasteiger partial charge is 0.404 e. The molecule has 8 nitrogen and oxygen atoms in total. The molecule has 0 unspecified atom stereocenters. The number of aliphatic hydroxyl groups excluding tert-OH is 1.